The Morgan fingerprint density at radius 3 is 2.11 bits per heavy atom. The minimum absolute atomic E-state index is 0.142. The van der Waals surface area contributed by atoms with E-state index < -0.39 is 6.10 Å². The highest BCUT2D eigenvalue weighted by Gasteiger charge is 2.11. The van der Waals surface area contributed by atoms with E-state index in [0.717, 1.165) is 12.0 Å². The van der Waals surface area contributed by atoms with Crippen LogP contribution in [0.3, 0.4) is 0 Å². The average molecular weight is 267 g/mol. The summed E-state index contributed by atoms with van der Waals surface area (Å²) in [6.07, 6.45) is 0.403. The maximum atomic E-state index is 10.0. The van der Waals surface area contributed by atoms with Crippen LogP contribution in [0.5, 0.6) is 0 Å². The third-order valence-corrected chi connectivity index (χ3v) is 3.05. The van der Waals surface area contributed by atoms with Gasteiger partial charge in [0.05, 0.1) is 25.4 Å². The Morgan fingerprint density at radius 2 is 1.63 bits per heavy atom. The van der Waals surface area contributed by atoms with Crippen LogP contribution in [-0.4, -0.2) is 41.1 Å². The molecule has 0 heterocycles. The van der Waals surface area contributed by atoms with E-state index in [4.69, 9.17) is 10.2 Å². The number of rotatable bonds is 8. The molecular weight excluding hydrogens is 242 g/mol. The Morgan fingerprint density at radius 1 is 1.05 bits per heavy atom. The summed E-state index contributed by atoms with van der Waals surface area (Å²) in [4.78, 5) is 0. The highest BCUT2D eigenvalue weighted by Crippen LogP contribution is 2.15. The number of hydrogen-bond donors (Lipinski definition) is 4. The SMILES string of the molecule is CC(C)Cc1ccc(C(O)CNC(CO)CO)cc1. The van der Waals surface area contributed by atoms with Crippen LogP contribution in [0, 0.1) is 5.92 Å². The van der Waals surface area contributed by atoms with Gasteiger partial charge in [0.25, 0.3) is 0 Å². The molecule has 0 spiro atoms. The lowest BCUT2D eigenvalue weighted by molar-refractivity contribution is 0.135. The van der Waals surface area contributed by atoms with Crippen molar-refractivity contribution in [3.63, 3.8) is 0 Å². The van der Waals surface area contributed by atoms with Crippen molar-refractivity contribution in [1.29, 1.82) is 0 Å². The van der Waals surface area contributed by atoms with E-state index >= 15 is 0 Å². The van der Waals surface area contributed by atoms with Gasteiger partial charge in [0.15, 0.2) is 0 Å². The lowest BCUT2D eigenvalue weighted by atomic mass is 10.0. The van der Waals surface area contributed by atoms with Crippen LogP contribution < -0.4 is 5.32 Å². The van der Waals surface area contributed by atoms with E-state index in [1.165, 1.54) is 5.56 Å². The Kier molecular flexibility index (Phi) is 7.02. The van der Waals surface area contributed by atoms with Gasteiger partial charge in [-0.2, -0.15) is 0 Å². The minimum Gasteiger partial charge on any atom is -0.395 e. The van der Waals surface area contributed by atoms with Crippen molar-refractivity contribution in [3.05, 3.63) is 35.4 Å². The summed E-state index contributed by atoms with van der Waals surface area (Å²) < 4.78 is 0. The molecule has 1 unspecified atom stereocenters. The maximum absolute atomic E-state index is 10.0. The first-order chi connectivity index (χ1) is 9.06. The lowest BCUT2D eigenvalue weighted by Gasteiger charge is -2.17. The number of nitrogens with one attached hydrogen (secondary N) is 1. The smallest absolute Gasteiger partial charge is 0.0914 e. The van der Waals surface area contributed by atoms with Gasteiger partial charge in [-0.15, -0.1) is 0 Å². The van der Waals surface area contributed by atoms with E-state index in [9.17, 15) is 5.11 Å². The van der Waals surface area contributed by atoms with E-state index in [2.05, 4.69) is 19.2 Å². The first kappa shape index (κ1) is 16.1. The summed E-state index contributed by atoms with van der Waals surface area (Å²) >= 11 is 0. The van der Waals surface area contributed by atoms with Crippen LogP contribution in [0.2, 0.25) is 0 Å². The molecule has 0 saturated carbocycles. The number of aliphatic hydroxyl groups excluding tert-OH is 3. The van der Waals surface area contributed by atoms with Crippen LogP contribution in [0.25, 0.3) is 0 Å². The fraction of sp³-hybridized carbons (Fsp3) is 0.600. The van der Waals surface area contributed by atoms with Gasteiger partial charge >= 0.3 is 0 Å². The fourth-order valence-corrected chi connectivity index (χ4v) is 1.93. The molecule has 4 nitrogen and oxygen atoms in total. The Labute approximate surface area is 115 Å². The molecule has 0 aliphatic carbocycles. The molecule has 0 aliphatic heterocycles. The van der Waals surface area contributed by atoms with E-state index in [0.29, 0.717) is 12.5 Å². The third-order valence-electron chi connectivity index (χ3n) is 3.05. The zero-order valence-corrected chi connectivity index (χ0v) is 11.7. The molecule has 0 bridgehead atoms. The molecule has 4 N–H and O–H groups in total. The number of hydrogen-bond acceptors (Lipinski definition) is 4. The second-order valence-corrected chi connectivity index (χ2v) is 5.33. The minimum atomic E-state index is -0.631. The van der Waals surface area contributed by atoms with Crippen LogP contribution >= 0.6 is 0 Å². The zero-order valence-electron chi connectivity index (χ0n) is 11.7. The molecule has 0 saturated heterocycles. The van der Waals surface area contributed by atoms with Gasteiger partial charge in [-0.3, -0.25) is 0 Å². The van der Waals surface area contributed by atoms with Gasteiger partial charge in [0.2, 0.25) is 0 Å². The van der Waals surface area contributed by atoms with Crippen LogP contribution in [-0.2, 0) is 6.42 Å². The predicted octanol–water partition coefficient (Wildman–Crippen LogP) is 0.861. The summed E-state index contributed by atoms with van der Waals surface area (Å²) in [7, 11) is 0. The molecule has 0 radical (unpaired) electrons. The summed E-state index contributed by atoms with van der Waals surface area (Å²) in [6, 6.07) is 7.55. The first-order valence-electron chi connectivity index (χ1n) is 6.78. The largest absolute Gasteiger partial charge is 0.395 e. The molecule has 1 aromatic carbocycles. The normalized spacial score (nSPS) is 13.2. The topological polar surface area (TPSA) is 72.7 Å². The summed E-state index contributed by atoms with van der Waals surface area (Å²) in [5, 5.41) is 30.8. The summed E-state index contributed by atoms with van der Waals surface area (Å²) in [5.41, 5.74) is 2.11. The summed E-state index contributed by atoms with van der Waals surface area (Å²) in [6.45, 7) is 4.38. The quantitative estimate of drug-likeness (QED) is 0.564. The Bertz CT molecular complexity index is 347. The second kappa shape index (κ2) is 8.27. The van der Waals surface area contributed by atoms with E-state index in [1.54, 1.807) is 0 Å². The van der Waals surface area contributed by atoms with Crippen LogP contribution in [0.4, 0.5) is 0 Å². The van der Waals surface area contributed by atoms with Crippen LogP contribution in [0.1, 0.15) is 31.1 Å². The van der Waals surface area contributed by atoms with Crippen molar-refractivity contribution in [2.45, 2.75) is 32.4 Å². The van der Waals surface area contributed by atoms with Crippen molar-refractivity contribution >= 4 is 0 Å². The molecule has 108 valence electrons. The molecule has 0 aliphatic rings. The molecule has 0 fully saturated rings. The fourth-order valence-electron chi connectivity index (χ4n) is 1.93. The summed E-state index contributed by atoms with van der Waals surface area (Å²) in [5.74, 6) is 0.618. The van der Waals surface area contributed by atoms with Crippen molar-refractivity contribution < 1.29 is 15.3 Å². The molecule has 1 atom stereocenters. The Balaban J connectivity index is 2.50. The van der Waals surface area contributed by atoms with Gasteiger partial charge in [-0.05, 0) is 23.5 Å². The van der Waals surface area contributed by atoms with Crippen molar-refractivity contribution in [2.75, 3.05) is 19.8 Å². The second-order valence-electron chi connectivity index (χ2n) is 5.33. The molecule has 0 aromatic heterocycles. The number of aliphatic hydroxyl groups is 3. The molecule has 0 amide bonds. The molecular formula is C15H25NO3. The van der Waals surface area contributed by atoms with Crippen LogP contribution in [0.15, 0.2) is 24.3 Å². The average Bonchev–Trinajstić information content (AvgIpc) is 2.39. The molecule has 1 aromatic rings. The van der Waals surface area contributed by atoms with E-state index in [1.807, 2.05) is 24.3 Å². The van der Waals surface area contributed by atoms with Gasteiger partial charge < -0.3 is 20.6 Å². The Hall–Kier alpha value is -0.940. The molecule has 4 heteroatoms. The van der Waals surface area contributed by atoms with Crippen molar-refractivity contribution in [3.8, 4) is 0 Å². The van der Waals surface area contributed by atoms with Gasteiger partial charge in [0.1, 0.15) is 0 Å². The zero-order chi connectivity index (χ0) is 14.3. The van der Waals surface area contributed by atoms with Gasteiger partial charge in [-0.25, -0.2) is 0 Å². The number of benzene rings is 1. The standard InChI is InChI=1S/C15H25NO3/c1-11(2)7-12-3-5-13(6-4-12)15(19)8-16-14(9-17)10-18/h3-6,11,14-19H,7-10H2,1-2H3. The van der Waals surface area contributed by atoms with Crippen molar-refractivity contribution in [2.24, 2.45) is 5.92 Å². The van der Waals surface area contributed by atoms with Crippen molar-refractivity contribution in [1.82, 2.24) is 5.32 Å². The van der Waals surface area contributed by atoms with Gasteiger partial charge in [0, 0.05) is 6.54 Å². The maximum Gasteiger partial charge on any atom is 0.0914 e. The first-order valence-corrected chi connectivity index (χ1v) is 6.78. The van der Waals surface area contributed by atoms with Gasteiger partial charge in [-0.1, -0.05) is 38.1 Å². The third kappa shape index (κ3) is 5.70. The monoisotopic (exact) mass is 267 g/mol. The van der Waals surface area contributed by atoms with E-state index in [-0.39, 0.29) is 19.3 Å². The molecule has 19 heavy (non-hydrogen) atoms. The highest BCUT2D eigenvalue weighted by molar-refractivity contribution is 5.24. The highest BCUT2D eigenvalue weighted by atomic mass is 16.3. The predicted molar refractivity (Wildman–Crippen MR) is 75.9 cm³/mol. The lowest BCUT2D eigenvalue weighted by Crippen LogP contribution is -2.38. The molecule has 1 rings (SSSR count).